The van der Waals surface area contributed by atoms with Gasteiger partial charge in [0.2, 0.25) is 5.91 Å². The Balaban J connectivity index is 1.14. The van der Waals surface area contributed by atoms with Crippen LogP contribution >= 0.6 is 0 Å². The molecular formula is C39H41N3O6. The van der Waals surface area contributed by atoms with Crippen molar-refractivity contribution in [1.29, 1.82) is 0 Å². The van der Waals surface area contributed by atoms with Crippen LogP contribution in [-0.2, 0) is 25.7 Å². The summed E-state index contributed by atoms with van der Waals surface area (Å²) in [5.74, 6) is -0.643. The summed E-state index contributed by atoms with van der Waals surface area (Å²) in [5.41, 5.74) is 6.38. The zero-order chi connectivity index (χ0) is 33.7. The molecule has 1 aliphatic rings. The van der Waals surface area contributed by atoms with Crippen LogP contribution in [0.5, 0.6) is 0 Å². The lowest BCUT2D eigenvalue weighted by molar-refractivity contribution is -0.131. The molecule has 3 amide bonds. The molecular weight excluding hydrogens is 606 g/mol. The molecule has 9 heteroatoms. The third-order valence-corrected chi connectivity index (χ3v) is 8.59. The smallest absolute Gasteiger partial charge is 0.407 e. The van der Waals surface area contributed by atoms with Gasteiger partial charge in [-0.15, -0.1) is 0 Å². The first-order chi connectivity index (χ1) is 23.4. The van der Waals surface area contributed by atoms with Crippen LogP contribution in [-0.4, -0.2) is 61.6 Å². The first kappa shape index (κ1) is 33.9. The van der Waals surface area contributed by atoms with Crippen LogP contribution in [0.2, 0.25) is 0 Å². The van der Waals surface area contributed by atoms with Crippen LogP contribution in [0.3, 0.4) is 0 Å². The summed E-state index contributed by atoms with van der Waals surface area (Å²) in [6.07, 6.45) is -0.575. The van der Waals surface area contributed by atoms with Crippen molar-refractivity contribution in [3.8, 4) is 11.1 Å². The Morgan fingerprint density at radius 2 is 1.27 bits per heavy atom. The molecule has 0 bridgehead atoms. The Bertz CT molecular complexity index is 1650. The monoisotopic (exact) mass is 647 g/mol. The van der Waals surface area contributed by atoms with E-state index in [0.717, 1.165) is 39.8 Å². The van der Waals surface area contributed by atoms with Crippen LogP contribution in [0.25, 0.3) is 11.1 Å². The van der Waals surface area contributed by atoms with Crippen molar-refractivity contribution in [1.82, 2.24) is 15.5 Å². The number of Topliss-reactive ketones (excluding diaryl/α,β-unsaturated/α-hetero) is 1. The molecule has 248 valence electrons. The lowest BCUT2D eigenvalue weighted by Crippen LogP contribution is -2.43. The van der Waals surface area contributed by atoms with E-state index >= 15 is 0 Å². The fraction of sp³-hybridized carbons (Fsp3) is 0.282. The van der Waals surface area contributed by atoms with Gasteiger partial charge in [-0.05, 0) is 39.8 Å². The molecule has 0 unspecified atom stereocenters. The second kappa shape index (κ2) is 16.9. The number of benzene rings is 4. The molecule has 4 aromatic carbocycles. The van der Waals surface area contributed by atoms with Gasteiger partial charge in [0.25, 0.3) is 0 Å². The largest absolute Gasteiger partial charge is 0.449 e. The highest BCUT2D eigenvalue weighted by Crippen LogP contribution is 2.44. The number of fused-ring (bicyclic) bond motifs is 3. The van der Waals surface area contributed by atoms with Crippen molar-refractivity contribution in [3.05, 3.63) is 131 Å². The highest BCUT2D eigenvalue weighted by atomic mass is 16.6. The van der Waals surface area contributed by atoms with Gasteiger partial charge in [-0.25, -0.2) is 9.59 Å². The van der Waals surface area contributed by atoms with Crippen molar-refractivity contribution in [2.75, 3.05) is 32.8 Å². The third kappa shape index (κ3) is 9.09. The van der Waals surface area contributed by atoms with Crippen molar-refractivity contribution in [2.45, 2.75) is 38.2 Å². The number of ketones is 1. The van der Waals surface area contributed by atoms with Crippen molar-refractivity contribution in [3.63, 3.8) is 0 Å². The Hall–Kier alpha value is -5.44. The SMILES string of the molecule is CC[C@H](CN(CCC(=O)CNC(=O)OCc1ccccc1)C(=O)CNC(=O)OCC1c2ccccc2-c2ccccc21)c1ccccc1. The zero-order valence-electron chi connectivity index (χ0n) is 27.1. The molecule has 48 heavy (non-hydrogen) atoms. The number of hydrogen-bond acceptors (Lipinski definition) is 6. The van der Waals surface area contributed by atoms with Gasteiger partial charge in [0.1, 0.15) is 19.8 Å². The quantitative estimate of drug-likeness (QED) is 0.154. The summed E-state index contributed by atoms with van der Waals surface area (Å²) in [7, 11) is 0. The number of hydrogen-bond donors (Lipinski definition) is 2. The number of amides is 3. The minimum Gasteiger partial charge on any atom is -0.449 e. The predicted molar refractivity (Wildman–Crippen MR) is 183 cm³/mol. The summed E-state index contributed by atoms with van der Waals surface area (Å²) >= 11 is 0. The zero-order valence-corrected chi connectivity index (χ0v) is 27.1. The highest BCUT2D eigenvalue weighted by molar-refractivity contribution is 5.86. The van der Waals surface area contributed by atoms with E-state index in [9.17, 15) is 19.2 Å². The number of ether oxygens (including phenoxy) is 2. The van der Waals surface area contributed by atoms with Gasteiger partial charge >= 0.3 is 12.2 Å². The second-order valence-electron chi connectivity index (χ2n) is 11.7. The Morgan fingerprint density at radius 3 is 1.92 bits per heavy atom. The molecule has 5 rings (SSSR count). The minimum atomic E-state index is -0.692. The summed E-state index contributed by atoms with van der Waals surface area (Å²) in [6.45, 7) is 2.28. The van der Waals surface area contributed by atoms with Crippen molar-refractivity contribution in [2.24, 2.45) is 0 Å². The average molecular weight is 648 g/mol. The van der Waals surface area contributed by atoms with Gasteiger partial charge in [-0.3, -0.25) is 9.59 Å². The number of carbonyl (C=O) groups excluding carboxylic acids is 4. The molecule has 0 aromatic heterocycles. The first-order valence-electron chi connectivity index (χ1n) is 16.3. The molecule has 0 aliphatic heterocycles. The number of nitrogens with one attached hydrogen (secondary N) is 2. The molecule has 4 aromatic rings. The lowest BCUT2D eigenvalue weighted by Gasteiger charge is -2.27. The van der Waals surface area contributed by atoms with E-state index in [-0.39, 0.29) is 62.8 Å². The maximum Gasteiger partial charge on any atom is 0.407 e. The van der Waals surface area contributed by atoms with Crippen molar-refractivity contribution < 1.29 is 28.7 Å². The van der Waals surface area contributed by atoms with E-state index in [1.807, 2.05) is 104 Å². The van der Waals surface area contributed by atoms with E-state index in [1.165, 1.54) is 0 Å². The Labute approximate surface area is 281 Å². The molecule has 0 radical (unpaired) electrons. The molecule has 0 saturated carbocycles. The lowest BCUT2D eigenvalue weighted by atomic mass is 9.95. The molecule has 2 N–H and O–H groups in total. The van der Waals surface area contributed by atoms with E-state index in [4.69, 9.17) is 9.47 Å². The van der Waals surface area contributed by atoms with Gasteiger partial charge in [0.05, 0.1) is 6.54 Å². The minimum absolute atomic E-state index is 0.0286. The van der Waals surface area contributed by atoms with Gasteiger partial charge in [-0.1, -0.05) is 116 Å². The average Bonchev–Trinajstić information content (AvgIpc) is 3.45. The van der Waals surface area contributed by atoms with Gasteiger partial charge in [-0.2, -0.15) is 0 Å². The topological polar surface area (TPSA) is 114 Å². The van der Waals surface area contributed by atoms with E-state index < -0.39 is 12.2 Å². The molecule has 0 heterocycles. The van der Waals surface area contributed by atoms with Gasteiger partial charge in [0.15, 0.2) is 5.78 Å². The van der Waals surface area contributed by atoms with Crippen LogP contribution < -0.4 is 10.6 Å². The van der Waals surface area contributed by atoms with Crippen LogP contribution in [0.4, 0.5) is 9.59 Å². The van der Waals surface area contributed by atoms with Crippen LogP contribution in [0.15, 0.2) is 109 Å². The maximum absolute atomic E-state index is 13.5. The molecule has 0 fully saturated rings. The summed E-state index contributed by atoms with van der Waals surface area (Å²) in [5, 5.41) is 5.10. The van der Waals surface area contributed by atoms with Crippen LogP contribution in [0, 0.1) is 0 Å². The summed E-state index contributed by atoms with van der Waals surface area (Å²) in [6, 6.07) is 35.3. The predicted octanol–water partition coefficient (Wildman–Crippen LogP) is 6.43. The molecule has 0 spiro atoms. The maximum atomic E-state index is 13.5. The standard InChI is InChI=1S/C39H41N3O6/c1-2-29(30-15-7-4-8-16-30)25-42(22-21-31(43)23-40-38(45)47-26-28-13-5-3-6-14-28)37(44)24-41-39(46)48-27-36-34-19-11-9-17-32(34)33-18-10-12-20-35(33)36/h3-20,29,36H,2,21-27H2,1H3,(H,40,45)(H,41,46)/t29-/m1/s1. The molecule has 1 aliphatic carbocycles. The fourth-order valence-electron chi connectivity index (χ4n) is 5.98. The fourth-order valence-corrected chi connectivity index (χ4v) is 5.98. The molecule has 9 nitrogen and oxygen atoms in total. The second-order valence-corrected chi connectivity index (χ2v) is 11.7. The van der Waals surface area contributed by atoms with Gasteiger partial charge in [0, 0.05) is 31.3 Å². The Morgan fingerprint density at radius 1 is 0.708 bits per heavy atom. The Kier molecular flexibility index (Phi) is 12.0. The molecule has 1 atom stereocenters. The van der Waals surface area contributed by atoms with Crippen LogP contribution in [0.1, 0.15) is 53.9 Å². The van der Waals surface area contributed by atoms with E-state index in [0.29, 0.717) is 6.54 Å². The van der Waals surface area contributed by atoms with Gasteiger partial charge < -0.3 is 25.0 Å². The van der Waals surface area contributed by atoms with E-state index in [2.05, 4.69) is 22.8 Å². The summed E-state index contributed by atoms with van der Waals surface area (Å²) in [4.78, 5) is 52.7. The normalized spacial score (nSPS) is 12.3. The third-order valence-electron chi connectivity index (χ3n) is 8.59. The summed E-state index contributed by atoms with van der Waals surface area (Å²) < 4.78 is 10.8. The number of nitrogens with zero attached hydrogens (tertiary/aromatic N) is 1. The number of carbonyl (C=O) groups is 4. The highest BCUT2D eigenvalue weighted by Gasteiger charge is 2.29. The first-order valence-corrected chi connectivity index (χ1v) is 16.3. The van der Waals surface area contributed by atoms with E-state index in [1.54, 1.807) is 4.90 Å². The van der Waals surface area contributed by atoms with Crippen molar-refractivity contribution >= 4 is 23.9 Å². The number of rotatable bonds is 15. The molecule has 0 saturated heterocycles. The number of alkyl carbamates (subject to hydrolysis) is 2.